The Kier molecular flexibility index (Phi) is 7.76. The molecule has 4 rings (SSSR count). The third-order valence-electron chi connectivity index (χ3n) is 6.68. The molecule has 0 bridgehead atoms. The first-order valence-corrected chi connectivity index (χ1v) is 14.0. The van der Waals surface area contributed by atoms with Crippen LogP contribution in [0.1, 0.15) is 43.7 Å². The van der Waals surface area contributed by atoms with E-state index in [9.17, 15) is 8.42 Å². The normalized spacial score (nSPS) is 19.1. The highest BCUT2D eigenvalue weighted by molar-refractivity contribution is 7.88. The number of aryl methyl sites for hydroxylation is 1. The van der Waals surface area contributed by atoms with E-state index in [0.717, 1.165) is 68.9 Å². The first kappa shape index (κ1) is 24.2. The molecule has 2 aliphatic heterocycles. The molecule has 2 aromatic rings. The van der Waals surface area contributed by atoms with Crippen LogP contribution in [0.5, 0.6) is 5.75 Å². The molecule has 2 fully saturated rings. The van der Waals surface area contributed by atoms with Crippen LogP contribution in [0, 0.1) is 5.92 Å². The van der Waals surface area contributed by atoms with Gasteiger partial charge in [0.2, 0.25) is 16.0 Å². The number of nitrogens with zero attached hydrogens (tertiary/aromatic N) is 4. The van der Waals surface area contributed by atoms with Gasteiger partial charge in [-0.05, 0) is 54.9 Å². The largest absolute Gasteiger partial charge is 0.489 e. The quantitative estimate of drug-likeness (QED) is 0.582. The second kappa shape index (κ2) is 10.6. The molecule has 0 N–H and O–H groups in total. The molecule has 0 atom stereocenters. The van der Waals surface area contributed by atoms with Crippen LogP contribution in [-0.4, -0.2) is 61.2 Å². The molecule has 0 aliphatic carbocycles. The predicted molar refractivity (Wildman–Crippen MR) is 132 cm³/mol. The average Bonchev–Trinajstić information content (AvgIpc) is 2.81. The SMILES string of the molecule is CCc1cnc(N2CCC(Oc3ccc(CC4CCN(S(C)(=O)=O)CC4)cc3Cl)CC2)nc1. The predicted octanol–water partition coefficient (Wildman–Crippen LogP) is 3.95. The Balaban J connectivity index is 1.27. The fourth-order valence-electron chi connectivity index (χ4n) is 4.59. The summed E-state index contributed by atoms with van der Waals surface area (Å²) in [4.78, 5) is 11.2. The number of ether oxygens (including phenoxy) is 1. The van der Waals surface area contributed by atoms with E-state index in [4.69, 9.17) is 16.3 Å². The van der Waals surface area contributed by atoms with Crippen molar-refractivity contribution in [1.82, 2.24) is 14.3 Å². The molecular weight excluding hydrogens is 460 g/mol. The lowest BCUT2D eigenvalue weighted by Gasteiger charge is -2.32. The summed E-state index contributed by atoms with van der Waals surface area (Å²) in [6.45, 7) is 5.02. The minimum absolute atomic E-state index is 0.125. The van der Waals surface area contributed by atoms with Crippen molar-refractivity contribution >= 4 is 27.6 Å². The lowest BCUT2D eigenvalue weighted by atomic mass is 9.91. The van der Waals surface area contributed by atoms with Gasteiger partial charge in [0, 0.05) is 51.4 Å². The van der Waals surface area contributed by atoms with Crippen LogP contribution in [0.3, 0.4) is 0 Å². The summed E-state index contributed by atoms with van der Waals surface area (Å²) in [5, 5.41) is 0.641. The molecule has 180 valence electrons. The van der Waals surface area contributed by atoms with Crippen LogP contribution in [-0.2, 0) is 22.9 Å². The highest BCUT2D eigenvalue weighted by atomic mass is 35.5. The molecule has 0 spiro atoms. The van der Waals surface area contributed by atoms with Gasteiger partial charge in [0.15, 0.2) is 0 Å². The Morgan fingerprint density at radius 2 is 1.70 bits per heavy atom. The summed E-state index contributed by atoms with van der Waals surface area (Å²) < 4.78 is 31.2. The van der Waals surface area contributed by atoms with Crippen LogP contribution in [0.15, 0.2) is 30.6 Å². The summed E-state index contributed by atoms with van der Waals surface area (Å²) in [6.07, 6.45) is 10.6. The van der Waals surface area contributed by atoms with Gasteiger partial charge in [-0.3, -0.25) is 0 Å². The molecule has 0 radical (unpaired) electrons. The van der Waals surface area contributed by atoms with Crippen molar-refractivity contribution in [3.8, 4) is 5.75 Å². The van der Waals surface area contributed by atoms with Gasteiger partial charge in [0.25, 0.3) is 0 Å². The van der Waals surface area contributed by atoms with E-state index in [2.05, 4.69) is 27.9 Å². The number of anilines is 1. The lowest BCUT2D eigenvalue weighted by Crippen LogP contribution is -2.39. The summed E-state index contributed by atoms with van der Waals surface area (Å²) in [5.41, 5.74) is 2.32. The van der Waals surface area contributed by atoms with E-state index in [1.807, 2.05) is 24.5 Å². The van der Waals surface area contributed by atoms with Crippen LogP contribution in [0.2, 0.25) is 5.02 Å². The first-order chi connectivity index (χ1) is 15.8. The van der Waals surface area contributed by atoms with Crippen molar-refractivity contribution in [2.75, 3.05) is 37.3 Å². The monoisotopic (exact) mass is 492 g/mol. The number of aromatic nitrogens is 2. The average molecular weight is 493 g/mol. The zero-order chi connectivity index (χ0) is 23.4. The van der Waals surface area contributed by atoms with E-state index in [1.54, 1.807) is 4.31 Å². The number of piperidine rings is 2. The van der Waals surface area contributed by atoms with Gasteiger partial charge in [-0.1, -0.05) is 24.6 Å². The Morgan fingerprint density at radius 1 is 1.03 bits per heavy atom. The third-order valence-corrected chi connectivity index (χ3v) is 8.28. The van der Waals surface area contributed by atoms with Gasteiger partial charge < -0.3 is 9.64 Å². The molecule has 3 heterocycles. The molecule has 7 nitrogen and oxygen atoms in total. The summed E-state index contributed by atoms with van der Waals surface area (Å²) in [7, 11) is -3.09. The highest BCUT2D eigenvalue weighted by Crippen LogP contribution is 2.31. The van der Waals surface area contributed by atoms with Gasteiger partial charge in [-0.25, -0.2) is 22.7 Å². The Bertz CT molecular complexity index is 1030. The Morgan fingerprint density at radius 3 is 2.27 bits per heavy atom. The molecule has 0 saturated carbocycles. The second-order valence-electron chi connectivity index (χ2n) is 9.12. The van der Waals surface area contributed by atoms with Crippen LogP contribution in [0.25, 0.3) is 0 Å². The minimum Gasteiger partial charge on any atom is -0.489 e. The summed E-state index contributed by atoms with van der Waals surface area (Å²) >= 11 is 6.56. The maximum Gasteiger partial charge on any atom is 0.225 e. The molecule has 1 aromatic carbocycles. The number of sulfonamides is 1. The first-order valence-electron chi connectivity index (χ1n) is 11.8. The van der Waals surface area contributed by atoms with Crippen molar-refractivity contribution in [3.63, 3.8) is 0 Å². The molecule has 0 amide bonds. The van der Waals surface area contributed by atoms with E-state index < -0.39 is 10.0 Å². The van der Waals surface area contributed by atoms with Crippen LogP contribution < -0.4 is 9.64 Å². The Labute approximate surface area is 202 Å². The zero-order valence-electron chi connectivity index (χ0n) is 19.4. The lowest BCUT2D eigenvalue weighted by molar-refractivity contribution is 0.170. The summed E-state index contributed by atoms with van der Waals surface area (Å²) in [5.74, 6) is 1.99. The third kappa shape index (κ3) is 6.37. The maximum absolute atomic E-state index is 11.7. The number of benzene rings is 1. The minimum atomic E-state index is -3.09. The number of halogens is 1. The fraction of sp³-hybridized carbons (Fsp3) is 0.583. The van der Waals surface area contributed by atoms with Crippen LogP contribution >= 0.6 is 11.6 Å². The van der Waals surface area contributed by atoms with Crippen molar-refractivity contribution in [1.29, 1.82) is 0 Å². The number of rotatable bonds is 7. The topological polar surface area (TPSA) is 75.6 Å². The molecule has 0 unspecified atom stereocenters. The van der Waals surface area contributed by atoms with Gasteiger partial charge in [-0.2, -0.15) is 0 Å². The number of hydrogen-bond donors (Lipinski definition) is 0. The number of hydrogen-bond acceptors (Lipinski definition) is 6. The maximum atomic E-state index is 11.7. The standard InChI is InChI=1S/C24H33ClN4O3S/c1-3-18-16-26-24(27-17-18)28-10-8-21(9-11-28)32-23-5-4-20(15-22(23)25)14-19-6-12-29(13-7-19)33(2,30)31/h4-5,15-17,19,21H,3,6-14H2,1-2H3. The molecule has 1 aromatic heterocycles. The van der Waals surface area contributed by atoms with Gasteiger partial charge >= 0.3 is 0 Å². The van der Waals surface area contributed by atoms with Crippen molar-refractivity contribution in [3.05, 3.63) is 46.7 Å². The Hall–Kier alpha value is -1.90. The molecular formula is C24H33ClN4O3S. The van der Waals surface area contributed by atoms with Crippen LogP contribution in [0.4, 0.5) is 5.95 Å². The smallest absolute Gasteiger partial charge is 0.225 e. The molecule has 33 heavy (non-hydrogen) atoms. The summed E-state index contributed by atoms with van der Waals surface area (Å²) in [6, 6.07) is 6.06. The molecule has 2 saturated heterocycles. The van der Waals surface area contributed by atoms with Crippen molar-refractivity contribution in [2.45, 2.75) is 51.6 Å². The fourth-order valence-corrected chi connectivity index (χ4v) is 5.71. The van der Waals surface area contributed by atoms with E-state index in [1.165, 1.54) is 11.8 Å². The highest BCUT2D eigenvalue weighted by Gasteiger charge is 2.26. The van der Waals surface area contributed by atoms with Gasteiger partial charge in [-0.15, -0.1) is 0 Å². The van der Waals surface area contributed by atoms with Gasteiger partial charge in [0.1, 0.15) is 11.9 Å². The van der Waals surface area contributed by atoms with E-state index in [0.29, 0.717) is 24.0 Å². The van der Waals surface area contributed by atoms with Crippen molar-refractivity contribution < 1.29 is 13.2 Å². The van der Waals surface area contributed by atoms with E-state index >= 15 is 0 Å². The zero-order valence-corrected chi connectivity index (χ0v) is 21.0. The second-order valence-corrected chi connectivity index (χ2v) is 11.5. The molecule has 2 aliphatic rings. The van der Waals surface area contributed by atoms with Crippen molar-refractivity contribution in [2.24, 2.45) is 5.92 Å². The van der Waals surface area contributed by atoms with E-state index in [-0.39, 0.29) is 6.10 Å². The van der Waals surface area contributed by atoms with Gasteiger partial charge in [0.05, 0.1) is 11.3 Å². The molecule has 9 heteroatoms.